The molecular formula is C38H54BrN3O2. The van der Waals surface area contributed by atoms with E-state index < -0.39 is 5.60 Å². The van der Waals surface area contributed by atoms with Gasteiger partial charge in [0.2, 0.25) is 5.95 Å². The fraction of sp³-hybridized carbons (Fsp3) is 0.579. The molecule has 1 fully saturated rings. The van der Waals surface area contributed by atoms with Crippen molar-refractivity contribution in [2.45, 2.75) is 117 Å². The predicted octanol–water partition coefficient (Wildman–Crippen LogP) is 9.28. The minimum Gasteiger partial charge on any atom is -0.392 e. The lowest BCUT2D eigenvalue weighted by atomic mass is 9.44. The summed E-state index contributed by atoms with van der Waals surface area (Å²) in [6.45, 7) is 15.7. The van der Waals surface area contributed by atoms with Crippen LogP contribution in [0.2, 0.25) is 0 Å². The van der Waals surface area contributed by atoms with Crippen molar-refractivity contribution in [2.75, 3.05) is 12.3 Å². The third-order valence-corrected chi connectivity index (χ3v) is 11.2. The number of halogens is 1. The maximum absolute atomic E-state index is 11.9. The Morgan fingerprint density at radius 3 is 2.25 bits per heavy atom. The summed E-state index contributed by atoms with van der Waals surface area (Å²) in [5.74, 6) is 0.858. The Hall–Kier alpha value is -2.28. The molecule has 5 nitrogen and oxygen atoms in total. The van der Waals surface area contributed by atoms with Crippen LogP contribution in [-0.2, 0) is 11.8 Å². The third-order valence-electron chi connectivity index (χ3n) is 10.7. The molecule has 0 saturated heterocycles. The molecule has 6 heteroatoms. The van der Waals surface area contributed by atoms with Crippen LogP contribution >= 0.6 is 15.9 Å². The molecule has 2 aliphatic rings. The van der Waals surface area contributed by atoms with Crippen LogP contribution < -0.4 is 5.73 Å². The minimum absolute atomic E-state index is 0.108. The maximum Gasteiger partial charge on any atom is 0.220 e. The van der Waals surface area contributed by atoms with Gasteiger partial charge in [-0.1, -0.05) is 83.8 Å². The van der Waals surface area contributed by atoms with Crippen molar-refractivity contribution in [3.05, 3.63) is 74.9 Å². The lowest BCUT2D eigenvalue weighted by molar-refractivity contribution is -0.144. The van der Waals surface area contributed by atoms with E-state index in [2.05, 4.69) is 87.8 Å². The van der Waals surface area contributed by atoms with Crippen LogP contribution in [-0.4, -0.2) is 32.4 Å². The Morgan fingerprint density at radius 2 is 1.61 bits per heavy atom. The fourth-order valence-corrected chi connectivity index (χ4v) is 8.84. The van der Waals surface area contributed by atoms with Crippen LogP contribution in [0.4, 0.5) is 5.95 Å². The molecule has 4 rings (SSSR count). The van der Waals surface area contributed by atoms with Gasteiger partial charge in [0.05, 0.1) is 23.6 Å². The number of nitrogen functional groups attached to an aromatic ring is 1. The van der Waals surface area contributed by atoms with E-state index in [1.54, 1.807) is 0 Å². The van der Waals surface area contributed by atoms with Crippen molar-refractivity contribution in [2.24, 2.45) is 17.3 Å². The van der Waals surface area contributed by atoms with E-state index in [0.29, 0.717) is 11.9 Å². The largest absolute Gasteiger partial charge is 0.392 e. The molecule has 0 aliphatic heterocycles. The van der Waals surface area contributed by atoms with Crippen LogP contribution in [0, 0.1) is 17.3 Å². The van der Waals surface area contributed by atoms with Crippen LogP contribution in [0.25, 0.3) is 11.3 Å². The summed E-state index contributed by atoms with van der Waals surface area (Å²) < 4.78 is 1.01. The van der Waals surface area contributed by atoms with Gasteiger partial charge in [0.1, 0.15) is 0 Å². The smallest absolute Gasteiger partial charge is 0.220 e. The molecule has 1 aromatic heterocycles. The number of aliphatic hydroxyl groups excluding tert-OH is 1. The van der Waals surface area contributed by atoms with Gasteiger partial charge in [-0.25, -0.2) is 9.97 Å². The number of hydrogen-bond donors (Lipinski definition) is 3. The highest BCUT2D eigenvalue weighted by Gasteiger charge is 2.60. The Balaban J connectivity index is 1.54. The zero-order valence-corrected chi connectivity index (χ0v) is 29.6. The number of rotatable bonds is 11. The second-order valence-corrected chi connectivity index (χ2v) is 15.6. The highest BCUT2D eigenvalue weighted by atomic mass is 79.9. The summed E-state index contributed by atoms with van der Waals surface area (Å²) in [7, 11) is 0. The number of allylic oxidation sites excluding steroid dienone is 5. The summed E-state index contributed by atoms with van der Waals surface area (Å²) in [5, 5.41) is 21.1. The molecule has 240 valence electrons. The van der Waals surface area contributed by atoms with Crippen molar-refractivity contribution in [1.29, 1.82) is 0 Å². The molecule has 2 aromatic rings. The summed E-state index contributed by atoms with van der Waals surface area (Å²) >= 11 is 3.64. The van der Waals surface area contributed by atoms with Crippen molar-refractivity contribution in [1.82, 2.24) is 9.97 Å². The van der Waals surface area contributed by atoms with E-state index in [9.17, 15) is 10.2 Å². The summed E-state index contributed by atoms with van der Waals surface area (Å²) in [6.07, 6.45) is 15.5. The van der Waals surface area contributed by atoms with Crippen LogP contribution in [0.15, 0.2) is 63.7 Å². The van der Waals surface area contributed by atoms with Gasteiger partial charge >= 0.3 is 0 Å². The van der Waals surface area contributed by atoms with Crippen molar-refractivity contribution in [3.63, 3.8) is 0 Å². The molecule has 0 spiro atoms. The predicted molar refractivity (Wildman–Crippen MR) is 187 cm³/mol. The first-order valence-electron chi connectivity index (χ1n) is 16.4. The van der Waals surface area contributed by atoms with Crippen molar-refractivity contribution in [3.8, 4) is 11.3 Å². The first-order chi connectivity index (χ1) is 20.7. The number of anilines is 1. The number of aromatic nitrogens is 2. The average molecular weight is 665 g/mol. The van der Waals surface area contributed by atoms with E-state index in [-0.39, 0.29) is 23.4 Å². The Morgan fingerprint density at radius 1 is 0.977 bits per heavy atom. The Labute approximate surface area is 274 Å². The summed E-state index contributed by atoms with van der Waals surface area (Å²) in [5.41, 5.74) is 13.4. The van der Waals surface area contributed by atoms with Gasteiger partial charge in [-0.05, 0) is 115 Å². The van der Waals surface area contributed by atoms with Gasteiger partial charge in [0, 0.05) is 21.0 Å². The van der Waals surface area contributed by atoms with E-state index in [1.165, 1.54) is 16.7 Å². The molecule has 4 atom stereocenters. The summed E-state index contributed by atoms with van der Waals surface area (Å²) in [6, 6.07) is 8.28. The Bertz CT molecular complexity index is 1420. The zero-order chi connectivity index (χ0) is 32.3. The molecule has 0 unspecified atom stereocenters. The first kappa shape index (κ1) is 34.6. The molecule has 1 heterocycles. The van der Waals surface area contributed by atoms with Gasteiger partial charge in [0.25, 0.3) is 0 Å². The van der Waals surface area contributed by atoms with E-state index in [0.717, 1.165) is 84.8 Å². The van der Waals surface area contributed by atoms with E-state index in [4.69, 9.17) is 15.7 Å². The number of benzene rings is 1. The van der Waals surface area contributed by atoms with Gasteiger partial charge < -0.3 is 15.9 Å². The molecule has 1 aromatic carbocycles. The number of nitrogens with two attached hydrogens (primary N) is 1. The standard InChI is InChI=1S/C38H54BrN3O2/c1-25(14-9-16-27(3)24-43)12-8-13-26(2)15-10-19-32-37(6)23-30-33(28-17-11-18-29(39)22-28)41-35(40)42-34(30)36(4,5)31(37)20-21-38(32,7)44/h11-12,15-18,22,31-32,43-44H,8-10,13-14,19-21,23-24H2,1-7H3,(H2,40,41,42)/b25-12+,26-15+,27-16+/t31-,32+,37-,38+/m0/s1. The molecule has 1 saturated carbocycles. The number of fused-ring (bicyclic) bond motifs is 2. The van der Waals surface area contributed by atoms with Gasteiger partial charge in [-0.3, -0.25) is 0 Å². The number of hydrogen-bond acceptors (Lipinski definition) is 5. The SMILES string of the molecule is C/C(=C\CC/C(C)=C/CC/C(C)=C/CC[C@@H]1[C@@]2(C)Cc3c(-c4cccc(Br)c4)nc(N)nc3C(C)(C)[C@@H]2CC[C@@]1(C)O)CO. The number of aliphatic hydroxyl groups is 2. The molecule has 0 radical (unpaired) electrons. The van der Waals surface area contributed by atoms with Crippen molar-refractivity contribution < 1.29 is 10.2 Å². The molecule has 44 heavy (non-hydrogen) atoms. The zero-order valence-electron chi connectivity index (χ0n) is 28.0. The van der Waals surface area contributed by atoms with E-state index >= 15 is 0 Å². The van der Waals surface area contributed by atoms with E-state index in [1.807, 2.05) is 19.1 Å². The van der Waals surface area contributed by atoms with Crippen LogP contribution in [0.3, 0.4) is 0 Å². The number of nitrogens with zero attached hydrogens (tertiary/aromatic N) is 2. The molecule has 2 aliphatic carbocycles. The molecule has 0 amide bonds. The second-order valence-electron chi connectivity index (χ2n) is 14.6. The van der Waals surface area contributed by atoms with Crippen molar-refractivity contribution >= 4 is 21.9 Å². The normalized spacial score (nSPS) is 27.2. The average Bonchev–Trinajstić information content (AvgIpc) is 2.94. The highest BCUT2D eigenvalue weighted by Crippen LogP contribution is 2.62. The quantitative estimate of drug-likeness (QED) is 0.208. The highest BCUT2D eigenvalue weighted by molar-refractivity contribution is 9.10. The minimum atomic E-state index is -0.728. The Kier molecular flexibility index (Phi) is 11.0. The summed E-state index contributed by atoms with van der Waals surface area (Å²) in [4.78, 5) is 9.68. The van der Waals surface area contributed by atoms with Gasteiger partial charge in [-0.15, -0.1) is 0 Å². The van der Waals surface area contributed by atoms with Gasteiger partial charge in [0.15, 0.2) is 0 Å². The molecule has 0 bridgehead atoms. The van der Waals surface area contributed by atoms with Gasteiger partial charge in [-0.2, -0.15) is 0 Å². The lowest BCUT2D eigenvalue weighted by Gasteiger charge is -2.61. The molecular weight excluding hydrogens is 610 g/mol. The lowest BCUT2D eigenvalue weighted by Crippen LogP contribution is -2.60. The molecule has 4 N–H and O–H groups in total. The third kappa shape index (κ3) is 7.57. The van der Waals surface area contributed by atoms with Crippen LogP contribution in [0.5, 0.6) is 0 Å². The second kappa shape index (κ2) is 14.0. The van der Waals surface area contributed by atoms with Crippen LogP contribution in [0.1, 0.15) is 111 Å². The first-order valence-corrected chi connectivity index (χ1v) is 17.2. The topological polar surface area (TPSA) is 92.3 Å². The monoisotopic (exact) mass is 663 g/mol. The fourth-order valence-electron chi connectivity index (χ4n) is 8.45. The maximum atomic E-state index is 11.9.